The second kappa shape index (κ2) is 7.07. The zero-order chi connectivity index (χ0) is 18.8. The van der Waals surface area contributed by atoms with Gasteiger partial charge < -0.3 is 10.2 Å². The van der Waals surface area contributed by atoms with Gasteiger partial charge in [0, 0.05) is 12.7 Å². The summed E-state index contributed by atoms with van der Waals surface area (Å²) < 4.78 is 0. The lowest BCUT2D eigenvalue weighted by Crippen LogP contribution is -2.47. The number of nitrogens with one attached hydrogen (secondary N) is 1. The number of nitrogens with zero attached hydrogens (tertiary/aromatic N) is 3. The molecule has 1 atom stereocenters. The summed E-state index contributed by atoms with van der Waals surface area (Å²) in [6.45, 7) is 4.88. The second-order valence-electron chi connectivity index (χ2n) is 6.54. The van der Waals surface area contributed by atoms with E-state index in [1.54, 1.807) is 22.1 Å². The highest BCUT2D eigenvalue weighted by molar-refractivity contribution is 6.01. The Bertz CT molecular complexity index is 908. The first-order valence-corrected chi connectivity index (χ1v) is 8.85. The maximum Gasteiger partial charge on any atom is 0.322 e. The number of aromatic nitrogens is 1. The zero-order valence-electron chi connectivity index (χ0n) is 14.8. The highest BCUT2D eigenvalue weighted by Crippen LogP contribution is 2.36. The lowest BCUT2D eigenvalue weighted by atomic mass is 9.95. The van der Waals surface area contributed by atoms with Crippen molar-refractivity contribution in [2.24, 2.45) is 0 Å². The van der Waals surface area contributed by atoms with Crippen molar-refractivity contribution in [1.29, 1.82) is 0 Å². The average Bonchev–Trinajstić information content (AvgIpc) is 3.02. The number of benzene rings is 1. The maximum atomic E-state index is 13.2. The minimum absolute atomic E-state index is 0.0708. The van der Waals surface area contributed by atoms with Gasteiger partial charge >= 0.3 is 6.03 Å². The molecule has 27 heavy (non-hydrogen) atoms. The molecule has 2 aliphatic heterocycles. The molecule has 0 unspecified atom stereocenters. The summed E-state index contributed by atoms with van der Waals surface area (Å²) in [5.74, 6) is -0.0708. The summed E-state index contributed by atoms with van der Waals surface area (Å²) in [6, 6.07) is 14.6. The number of hydrogen-bond donors (Lipinski definition) is 1. The number of carbonyl (C=O) groups is 2. The third kappa shape index (κ3) is 3.10. The molecule has 6 nitrogen and oxygen atoms in total. The topological polar surface area (TPSA) is 65.5 Å². The molecule has 0 spiro atoms. The summed E-state index contributed by atoms with van der Waals surface area (Å²) in [7, 11) is 0. The first kappa shape index (κ1) is 17.0. The number of carbonyl (C=O) groups excluding carboxylic acids is 2. The molecule has 3 heterocycles. The van der Waals surface area contributed by atoms with E-state index >= 15 is 0 Å². The molecule has 0 aliphatic carbocycles. The fourth-order valence-electron chi connectivity index (χ4n) is 3.58. The molecule has 2 aliphatic rings. The van der Waals surface area contributed by atoms with Crippen molar-refractivity contribution in [1.82, 2.24) is 20.1 Å². The average molecular weight is 360 g/mol. The van der Waals surface area contributed by atoms with Crippen LogP contribution in [0.5, 0.6) is 0 Å². The molecule has 6 heteroatoms. The summed E-state index contributed by atoms with van der Waals surface area (Å²) in [6.07, 6.45) is 3.38. The second-order valence-corrected chi connectivity index (χ2v) is 6.54. The van der Waals surface area contributed by atoms with E-state index in [0.717, 1.165) is 17.0 Å². The van der Waals surface area contributed by atoms with Crippen molar-refractivity contribution < 1.29 is 9.59 Å². The van der Waals surface area contributed by atoms with Gasteiger partial charge in [0.15, 0.2) is 0 Å². The number of hydrogen-bond acceptors (Lipinski definition) is 3. The molecule has 0 saturated heterocycles. The lowest BCUT2D eigenvalue weighted by Gasteiger charge is -2.33. The predicted molar refractivity (Wildman–Crippen MR) is 101 cm³/mol. The molecule has 0 fully saturated rings. The maximum absolute atomic E-state index is 13.2. The van der Waals surface area contributed by atoms with E-state index in [4.69, 9.17) is 0 Å². The number of pyridine rings is 1. The normalized spacial score (nSPS) is 19.2. The minimum atomic E-state index is -0.448. The Balaban J connectivity index is 1.70. The van der Waals surface area contributed by atoms with Crippen LogP contribution in [-0.4, -0.2) is 39.8 Å². The van der Waals surface area contributed by atoms with E-state index in [2.05, 4.69) is 16.9 Å². The first-order valence-electron chi connectivity index (χ1n) is 8.85. The van der Waals surface area contributed by atoms with Crippen LogP contribution in [0.2, 0.25) is 0 Å². The van der Waals surface area contributed by atoms with Crippen LogP contribution in [0, 0.1) is 0 Å². The predicted octanol–water partition coefficient (Wildman–Crippen LogP) is 2.63. The van der Waals surface area contributed by atoms with Crippen molar-refractivity contribution in [2.75, 3.05) is 13.1 Å². The fourth-order valence-corrected chi connectivity index (χ4v) is 3.58. The van der Waals surface area contributed by atoms with E-state index in [1.165, 1.54) is 0 Å². The monoisotopic (exact) mass is 360 g/mol. The van der Waals surface area contributed by atoms with Crippen molar-refractivity contribution >= 4 is 11.9 Å². The van der Waals surface area contributed by atoms with Crippen LogP contribution in [0.3, 0.4) is 0 Å². The van der Waals surface area contributed by atoms with Gasteiger partial charge in [-0.2, -0.15) is 0 Å². The fraction of sp³-hybridized carbons (Fsp3) is 0.190. The molecule has 0 saturated carbocycles. The van der Waals surface area contributed by atoms with Gasteiger partial charge in [-0.15, -0.1) is 6.58 Å². The molecule has 1 aromatic heterocycles. The van der Waals surface area contributed by atoms with E-state index in [0.29, 0.717) is 25.2 Å². The summed E-state index contributed by atoms with van der Waals surface area (Å²) in [4.78, 5) is 33.5. The van der Waals surface area contributed by atoms with Crippen molar-refractivity contribution in [3.05, 3.63) is 89.9 Å². The Morgan fingerprint density at radius 1 is 1.15 bits per heavy atom. The molecular formula is C21H20N4O2. The third-order valence-corrected chi connectivity index (χ3v) is 4.82. The van der Waals surface area contributed by atoms with Crippen LogP contribution in [0.25, 0.3) is 0 Å². The number of rotatable bonds is 5. The van der Waals surface area contributed by atoms with Crippen LogP contribution < -0.4 is 5.32 Å². The van der Waals surface area contributed by atoms with Gasteiger partial charge in [0.1, 0.15) is 0 Å². The Morgan fingerprint density at radius 3 is 2.63 bits per heavy atom. The van der Waals surface area contributed by atoms with Crippen molar-refractivity contribution in [3.63, 3.8) is 0 Å². The molecular weight excluding hydrogens is 340 g/mol. The summed E-state index contributed by atoms with van der Waals surface area (Å²) in [5.41, 5.74) is 3.08. The van der Waals surface area contributed by atoms with Gasteiger partial charge in [-0.25, -0.2) is 4.79 Å². The van der Waals surface area contributed by atoms with E-state index in [-0.39, 0.29) is 11.9 Å². The van der Waals surface area contributed by atoms with Gasteiger partial charge in [0.25, 0.3) is 5.91 Å². The zero-order valence-corrected chi connectivity index (χ0v) is 14.8. The summed E-state index contributed by atoms with van der Waals surface area (Å²) >= 11 is 0. The van der Waals surface area contributed by atoms with Gasteiger partial charge in [-0.1, -0.05) is 42.5 Å². The largest absolute Gasteiger partial charge is 0.327 e. The van der Waals surface area contributed by atoms with Gasteiger partial charge in [0.2, 0.25) is 0 Å². The van der Waals surface area contributed by atoms with Gasteiger partial charge in [-0.3, -0.25) is 14.7 Å². The van der Waals surface area contributed by atoms with Crippen LogP contribution in [0.15, 0.2) is 78.7 Å². The Kier molecular flexibility index (Phi) is 4.46. The van der Waals surface area contributed by atoms with Gasteiger partial charge in [-0.05, 0) is 17.7 Å². The van der Waals surface area contributed by atoms with Crippen LogP contribution in [-0.2, 0) is 11.3 Å². The molecule has 1 aromatic carbocycles. The Morgan fingerprint density at radius 2 is 1.93 bits per heavy atom. The summed E-state index contributed by atoms with van der Waals surface area (Å²) in [5, 5.41) is 2.97. The molecule has 4 rings (SSSR count). The van der Waals surface area contributed by atoms with E-state index in [9.17, 15) is 9.59 Å². The molecule has 3 amide bonds. The molecule has 0 bridgehead atoms. The van der Waals surface area contributed by atoms with E-state index in [1.807, 2.05) is 48.5 Å². The van der Waals surface area contributed by atoms with Crippen molar-refractivity contribution in [2.45, 2.75) is 12.6 Å². The third-order valence-electron chi connectivity index (χ3n) is 4.82. The van der Waals surface area contributed by atoms with Crippen LogP contribution in [0.1, 0.15) is 17.3 Å². The van der Waals surface area contributed by atoms with E-state index < -0.39 is 6.04 Å². The molecule has 1 N–H and O–H groups in total. The minimum Gasteiger partial charge on any atom is -0.327 e. The Hall–Kier alpha value is -3.41. The number of amides is 3. The first-order chi connectivity index (χ1) is 13.2. The van der Waals surface area contributed by atoms with Gasteiger partial charge in [0.05, 0.1) is 36.1 Å². The number of urea groups is 1. The lowest BCUT2D eigenvalue weighted by molar-refractivity contribution is -0.126. The Labute approximate surface area is 157 Å². The quantitative estimate of drug-likeness (QED) is 0.834. The van der Waals surface area contributed by atoms with Crippen LogP contribution >= 0.6 is 0 Å². The smallest absolute Gasteiger partial charge is 0.322 e. The SMILES string of the molecule is C=CCN1C(=O)N[C@@H](c2ccccc2)C2=C1CN(Cc1ccccn1)C2=O. The van der Waals surface area contributed by atoms with Crippen LogP contribution in [0.4, 0.5) is 4.79 Å². The molecule has 2 aromatic rings. The highest BCUT2D eigenvalue weighted by atomic mass is 16.2. The molecule has 136 valence electrons. The van der Waals surface area contributed by atoms with Crippen molar-refractivity contribution in [3.8, 4) is 0 Å². The molecule has 0 radical (unpaired) electrons. The highest BCUT2D eigenvalue weighted by Gasteiger charge is 2.43. The standard InChI is InChI=1S/C21H20N4O2/c1-2-12-25-17-14-24(13-16-10-6-7-11-22-16)20(26)18(17)19(23-21(25)27)15-8-4-3-5-9-15/h2-11,19H,1,12-14H2,(H,23,27)/t19-/m0/s1.